The molecule has 0 fully saturated rings. The number of aryl methyl sites for hydroxylation is 1. The molecule has 3 nitrogen and oxygen atoms in total. The van der Waals surface area contributed by atoms with Gasteiger partial charge in [-0.1, -0.05) is 22.9 Å². The first kappa shape index (κ1) is 14.2. The van der Waals surface area contributed by atoms with Gasteiger partial charge in [-0.25, -0.2) is 0 Å². The molecule has 1 aromatic heterocycles. The Balaban J connectivity index is 2.28. The predicted molar refractivity (Wildman–Crippen MR) is 73.5 cm³/mol. The minimum absolute atomic E-state index is 0.0380. The van der Waals surface area contributed by atoms with Crippen molar-refractivity contribution < 1.29 is 4.79 Å². The number of nitrogens with zero attached hydrogens (tertiary/aromatic N) is 1. The summed E-state index contributed by atoms with van der Waals surface area (Å²) in [5.41, 5.74) is 1.55. The molecule has 1 N–H and O–H groups in total. The van der Waals surface area contributed by atoms with Crippen molar-refractivity contribution in [1.82, 2.24) is 10.3 Å². The number of rotatable bonds is 6. The molecule has 1 aromatic rings. The van der Waals surface area contributed by atoms with Crippen LogP contribution in [0.25, 0.3) is 0 Å². The zero-order valence-electron chi connectivity index (χ0n) is 10.4. The van der Waals surface area contributed by atoms with E-state index in [1.807, 2.05) is 13.0 Å². The Labute approximate surface area is 111 Å². The molecule has 0 aliphatic heterocycles. The summed E-state index contributed by atoms with van der Waals surface area (Å²) in [6.45, 7) is 4.83. The van der Waals surface area contributed by atoms with E-state index in [4.69, 9.17) is 0 Å². The fraction of sp³-hybridized carbons (Fsp3) is 0.538. The molecule has 0 spiro atoms. The highest BCUT2D eigenvalue weighted by Gasteiger charge is 2.05. The van der Waals surface area contributed by atoms with Crippen molar-refractivity contribution in [3.8, 4) is 0 Å². The van der Waals surface area contributed by atoms with Gasteiger partial charge < -0.3 is 5.32 Å². The summed E-state index contributed by atoms with van der Waals surface area (Å²) in [4.78, 5) is 15.8. The smallest absolute Gasteiger partial charge is 0.252 e. The van der Waals surface area contributed by atoms with E-state index >= 15 is 0 Å². The summed E-state index contributed by atoms with van der Waals surface area (Å²) in [6.07, 6.45) is 3.75. The summed E-state index contributed by atoms with van der Waals surface area (Å²) in [7, 11) is 0. The standard InChI is InChI=1S/C13H19BrN2O/c1-10(8-14)4-3-7-15-13(17)12-6-5-11(2)16-9-12/h5-6,9-10H,3-4,7-8H2,1-2H3,(H,15,17). The van der Waals surface area contributed by atoms with Crippen LogP contribution in [0.1, 0.15) is 35.8 Å². The number of amides is 1. The van der Waals surface area contributed by atoms with Crippen LogP contribution < -0.4 is 5.32 Å². The maximum Gasteiger partial charge on any atom is 0.252 e. The fourth-order valence-electron chi connectivity index (χ4n) is 1.43. The predicted octanol–water partition coefficient (Wildman–Crippen LogP) is 2.93. The third-order valence-corrected chi connectivity index (χ3v) is 3.70. The molecule has 0 radical (unpaired) electrons. The van der Waals surface area contributed by atoms with Gasteiger partial charge in [-0.2, -0.15) is 0 Å². The van der Waals surface area contributed by atoms with Crippen LogP contribution >= 0.6 is 15.9 Å². The number of carbonyl (C=O) groups excluding carboxylic acids is 1. The van der Waals surface area contributed by atoms with E-state index in [9.17, 15) is 4.79 Å². The monoisotopic (exact) mass is 298 g/mol. The minimum Gasteiger partial charge on any atom is -0.352 e. The summed E-state index contributed by atoms with van der Waals surface area (Å²) in [5, 5.41) is 3.92. The Kier molecular flexibility index (Phi) is 6.19. The van der Waals surface area contributed by atoms with E-state index in [-0.39, 0.29) is 5.91 Å². The molecule has 0 aliphatic carbocycles. The van der Waals surface area contributed by atoms with Crippen LogP contribution in [-0.2, 0) is 0 Å². The molecule has 0 bridgehead atoms. The molecular weight excluding hydrogens is 280 g/mol. The average molecular weight is 299 g/mol. The molecule has 1 unspecified atom stereocenters. The van der Waals surface area contributed by atoms with Crippen LogP contribution in [0.15, 0.2) is 18.3 Å². The largest absolute Gasteiger partial charge is 0.352 e. The molecule has 0 saturated carbocycles. The van der Waals surface area contributed by atoms with Crippen molar-refractivity contribution in [2.45, 2.75) is 26.7 Å². The van der Waals surface area contributed by atoms with Crippen LogP contribution in [0.3, 0.4) is 0 Å². The summed E-state index contributed by atoms with van der Waals surface area (Å²) in [5.74, 6) is 0.622. The molecular formula is C13H19BrN2O. The Morgan fingerprint density at radius 1 is 1.53 bits per heavy atom. The van der Waals surface area contributed by atoms with Crippen molar-refractivity contribution in [2.24, 2.45) is 5.92 Å². The maximum absolute atomic E-state index is 11.7. The minimum atomic E-state index is -0.0380. The lowest BCUT2D eigenvalue weighted by Gasteiger charge is -2.08. The second kappa shape index (κ2) is 7.43. The van der Waals surface area contributed by atoms with E-state index in [1.54, 1.807) is 12.3 Å². The SMILES string of the molecule is Cc1ccc(C(=O)NCCCC(C)CBr)cn1. The lowest BCUT2D eigenvalue weighted by molar-refractivity contribution is 0.0952. The van der Waals surface area contributed by atoms with Crippen LogP contribution in [0.2, 0.25) is 0 Å². The summed E-state index contributed by atoms with van der Waals surface area (Å²) < 4.78 is 0. The highest BCUT2D eigenvalue weighted by molar-refractivity contribution is 9.09. The molecule has 0 aromatic carbocycles. The van der Waals surface area contributed by atoms with Gasteiger partial charge in [0.15, 0.2) is 0 Å². The molecule has 0 aliphatic rings. The van der Waals surface area contributed by atoms with Crippen LogP contribution in [-0.4, -0.2) is 22.8 Å². The topological polar surface area (TPSA) is 42.0 Å². The summed E-state index contributed by atoms with van der Waals surface area (Å²) in [6, 6.07) is 3.65. The summed E-state index contributed by atoms with van der Waals surface area (Å²) >= 11 is 3.44. The third-order valence-electron chi connectivity index (χ3n) is 2.60. The van der Waals surface area contributed by atoms with Crippen LogP contribution in [0, 0.1) is 12.8 Å². The van der Waals surface area contributed by atoms with Crippen LogP contribution in [0.4, 0.5) is 0 Å². The van der Waals surface area contributed by atoms with Gasteiger partial charge in [-0.15, -0.1) is 0 Å². The highest BCUT2D eigenvalue weighted by Crippen LogP contribution is 2.07. The number of alkyl halides is 1. The van der Waals surface area contributed by atoms with Gasteiger partial charge in [0, 0.05) is 23.8 Å². The second-order valence-electron chi connectivity index (χ2n) is 4.35. The van der Waals surface area contributed by atoms with Gasteiger partial charge >= 0.3 is 0 Å². The van der Waals surface area contributed by atoms with Gasteiger partial charge in [-0.05, 0) is 37.8 Å². The lowest BCUT2D eigenvalue weighted by Crippen LogP contribution is -2.24. The molecule has 0 saturated heterocycles. The van der Waals surface area contributed by atoms with Gasteiger partial charge in [-0.3, -0.25) is 9.78 Å². The number of hydrogen-bond acceptors (Lipinski definition) is 2. The van der Waals surface area contributed by atoms with Gasteiger partial charge in [0.05, 0.1) is 5.56 Å². The van der Waals surface area contributed by atoms with Gasteiger partial charge in [0.2, 0.25) is 0 Å². The molecule has 1 atom stereocenters. The number of aromatic nitrogens is 1. The zero-order chi connectivity index (χ0) is 12.7. The molecule has 17 heavy (non-hydrogen) atoms. The zero-order valence-corrected chi connectivity index (χ0v) is 12.0. The number of nitrogens with one attached hydrogen (secondary N) is 1. The van der Waals surface area contributed by atoms with Gasteiger partial charge in [0.25, 0.3) is 5.91 Å². The Bertz CT molecular complexity index is 351. The molecule has 94 valence electrons. The Morgan fingerprint density at radius 2 is 2.29 bits per heavy atom. The van der Waals surface area contributed by atoms with E-state index < -0.39 is 0 Å². The van der Waals surface area contributed by atoms with Crippen molar-refractivity contribution in [2.75, 3.05) is 11.9 Å². The van der Waals surface area contributed by atoms with Gasteiger partial charge in [0.1, 0.15) is 0 Å². The third kappa shape index (κ3) is 5.31. The fourth-order valence-corrected chi connectivity index (χ4v) is 1.76. The van der Waals surface area contributed by atoms with Crippen molar-refractivity contribution in [3.63, 3.8) is 0 Å². The quantitative estimate of drug-likeness (QED) is 0.648. The van der Waals surface area contributed by atoms with Crippen LogP contribution in [0.5, 0.6) is 0 Å². The average Bonchev–Trinajstić information content (AvgIpc) is 2.34. The number of halogens is 1. The lowest BCUT2D eigenvalue weighted by atomic mass is 10.1. The maximum atomic E-state index is 11.7. The number of carbonyl (C=O) groups is 1. The molecule has 1 heterocycles. The van der Waals surface area contributed by atoms with Crippen molar-refractivity contribution in [3.05, 3.63) is 29.6 Å². The first-order valence-corrected chi connectivity index (χ1v) is 7.02. The molecule has 1 amide bonds. The first-order valence-electron chi connectivity index (χ1n) is 5.90. The normalized spacial score (nSPS) is 12.2. The number of hydrogen-bond donors (Lipinski definition) is 1. The van der Waals surface area contributed by atoms with Crippen molar-refractivity contribution in [1.29, 1.82) is 0 Å². The number of pyridine rings is 1. The van der Waals surface area contributed by atoms with Crippen molar-refractivity contribution >= 4 is 21.8 Å². The molecule has 4 heteroatoms. The van der Waals surface area contributed by atoms with E-state index in [1.165, 1.54) is 0 Å². The molecule has 1 rings (SSSR count). The Morgan fingerprint density at radius 3 is 2.88 bits per heavy atom. The second-order valence-corrected chi connectivity index (χ2v) is 4.99. The van der Waals surface area contributed by atoms with E-state index in [2.05, 4.69) is 33.2 Å². The van der Waals surface area contributed by atoms with E-state index in [0.717, 1.165) is 30.4 Å². The highest BCUT2D eigenvalue weighted by atomic mass is 79.9. The van der Waals surface area contributed by atoms with E-state index in [0.29, 0.717) is 11.5 Å². The Hall–Kier alpha value is -0.900. The first-order chi connectivity index (χ1) is 8.13.